The van der Waals surface area contributed by atoms with Crippen molar-refractivity contribution in [2.75, 3.05) is 18.5 Å². The third-order valence-corrected chi connectivity index (χ3v) is 5.05. The van der Waals surface area contributed by atoms with Gasteiger partial charge in [0.15, 0.2) is 6.61 Å². The van der Waals surface area contributed by atoms with Crippen LogP contribution in [0.2, 0.25) is 0 Å². The summed E-state index contributed by atoms with van der Waals surface area (Å²) in [6, 6.07) is 4.98. The van der Waals surface area contributed by atoms with Crippen molar-refractivity contribution in [1.29, 1.82) is 0 Å². The lowest BCUT2D eigenvalue weighted by atomic mass is 10.1. The van der Waals surface area contributed by atoms with E-state index in [9.17, 15) is 18.8 Å². The highest BCUT2D eigenvalue weighted by atomic mass is 32.1. The molecule has 1 amide bonds. The van der Waals surface area contributed by atoms with Crippen LogP contribution in [0.15, 0.2) is 24.3 Å². The SMILES string of the molecule is CCOC(=O)c1c(NC(=O)COC(=O)c2cccc(F)c2)sc(CC)c1C. The number of thiophene rings is 1. The number of amides is 1. The fraction of sp³-hybridized carbons (Fsp3) is 0.316. The van der Waals surface area contributed by atoms with Crippen LogP contribution in [0.25, 0.3) is 0 Å². The van der Waals surface area contributed by atoms with E-state index in [1.54, 1.807) is 13.8 Å². The Morgan fingerprint density at radius 2 is 1.89 bits per heavy atom. The summed E-state index contributed by atoms with van der Waals surface area (Å²) in [4.78, 5) is 37.2. The van der Waals surface area contributed by atoms with E-state index in [1.807, 2.05) is 6.92 Å². The third kappa shape index (κ3) is 5.13. The van der Waals surface area contributed by atoms with Gasteiger partial charge in [-0.15, -0.1) is 11.3 Å². The minimum absolute atomic E-state index is 0.00949. The zero-order chi connectivity index (χ0) is 20.0. The normalized spacial score (nSPS) is 10.4. The van der Waals surface area contributed by atoms with E-state index in [1.165, 1.54) is 29.5 Å². The maximum Gasteiger partial charge on any atom is 0.341 e. The largest absolute Gasteiger partial charge is 0.462 e. The van der Waals surface area contributed by atoms with E-state index in [-0.39, 0.29) is 12.2 Å². The maximum atomic E-state index is 13.1. The second-order valence-corrected chi connectivity index (χ2v) is 6.67. The first-order valence-corrected chi connectivity index (χ1v) is 9.20. The van der Waals surface area contributed by atoms with Crippen LogP contribution in [0.5, 0.6) is 0 Å². The number of hydrogen-bond donors (Lipinski definition) is 1. The average Bonchev–Trinajstić information content (AvgIpc) is 2.95. The van der Waals surface area contributed by atoms with Crippen LogP contribution in [-0.2, 0) is 20.7 Å². The molecular formula is C19H20FNO5S. The Bertz CT molecular complexity index is 862. The Morgan fingerprint density at radius 1 is 1.15 bits per heavy atom. The summed E-state index contributed by atoms with van der Waals surface area (Å²) in [5, 5.41) is 2.95. The summed E-state index contributed by atoms with van der Waals surface area (Å²) in [6.07, 6.45) is 0.702. The van der Waals surface area contributed by atoms with Gasteiger partial charge in [0.2, 0.25) is 0 Å². The van der Waals surface area contributed by atoms with Crippen LogP contribution in [0, 0.1) is 12.7 Å². The van der Waals surface area contributed by atoms with Gasteiger partial charge in [-0.3, -0.25) is 4.79 Å². The van der Waals surface area contributed by atoms with Gasteiger partial charge in [-0.1, -0.05) is 13.0 Å². The topological polar surface area (TPSA) is 81.7 Å². The number of esters is 2. The van der Waals surface area contributed by atoms with Crippen molar-refractivity contribution in [3.8, 4) is 0 Å². The van der Waals surface area contributed by atoms with Crippen LogP contribution in [0.4, 0.5) is 9.39 Å². The molecule has 2 aromatic rings. The molecule has 1 N–H and O–H groups in total. The van der Waals surface area contributed by atoms with Crippen LogP contribution in [0.3, 0.4) is 0 Å². The fourth-order valence-corrected chi connectivity index (χ4v) is 3.58. The standard InChI is InChI=1S/C19H20FNO5S/c1-4-14-11(3)16(19(24)25-5-2)17(27-14)21-15(22)10-26-18(23)12-7-6-8-13(20)9-12/h6-9H,4-5,10H2,1-3H3,(H,21,22). The van der Waals surface area contributed by atoms with E-state index in [0.29, 0.717) is 17.0 Å². The number of carbonyl (C=O) groups excluding carboxylic acids is 3. The third-order valence-electron chi connectivity index (χ3n) is 3.69. The molecule has 2 rings (SSSR count). The molecule has 0 saturated carbocycles. The lowest BCUT2D eigenvalue weighted by Crippen LogP contribution is -2.21. The van der Waals surface area contributed by atoms with Crippen molar-refractivity contribution in [3.63, 3.8) is 0 Å². The highest BCUT2D eigenvalue weighted by Gasteiger charge is 2.23. The molecule has 0 unspecified atom stereocenters. The lowest BCUT2D eigenvalue weighted by molar-refractivity contribution is -0.119. The van der Waals surface area contributed by atoms with Gasteiger partial charge in [-0.25, -0.2) is 14.0 Å². The van der Waals surface area contributed by atoms with Crippen LogP contribution >= 0.6 is 11.3 Å². The first-order chi connectivity index (χ1) is 12.9. The summed E-state index contributed by atoms with van der Waals surface area (Å²) in [7, 11) is 0. The number of benzene rings is 1. The lowest BCUT2D eigenvalue weighted by Gasteiger charge is -2.08. The summed E-state index contributed by atoms with van der Waals surface area (Å²) >= 11 is 1.28. The van der Waals surface area contributed by atoms with Crippen LogP contribution < -0.4 is 5.32 Å². The van der Waals surface area contributed by atoms with Gasteiger partial charge in [0.1, 0.15) is 10.8 Å². The highest BCUT2D eigenvalue weighted by Crippen LogP contribution is 2.34. The second kappa shape index (κ2) is 9.27. The number of aryl methyl sites for hydroxylation is 1. The predicted octanol–water partition coefficient (Wildman–Crippen LogP) is 3.73. The van der Waals surface area contributed by atoms with Gasteiger partial charge in [0, 0.05) is 4.88 Å². The predicted molar refractivity (Wildman–Crippen MR) is 99.7 cm³/mol. The van der Waals surface area contributed by atoms with Gasteiger partial charge < -0.3 is 14.8 Å². The van der Waals surface area contributed by atoms with Gasteiger partial charge in [0.05, 0.1) is 17.7 Å². The summed E-state index contributed by atoms with van der Waals surface area (Å²) in [5.74, 6) is -2.51. The summed E-state index contributed by atoms with van der Waals surface area (Å²) < 4.78 is 23.1. The van der Waals surface area contributed by atoms with Gasteiger partial charge in [0.25, 0.3) is 5.91 Å². The van der Waals surface area contributed by atoms with E-state index >= 15 is 0 Å². The molecule has 0 aliphatic heterocycles. The van der Waals surface area contributed by atoms with Crippen LogP contribution in [0.1, 0.15) is 45.0 Å². The molecule has 0 fully saturated rings. The highest BCUT2D eigenvalue weighted by molar-refractivity contribution is 7.17. The van der Waals surface area contributed by atoms with Crippen LogP contribution in [-0.4, -0.2) is 31.1 Å². The number of nitrogens with one attached hydrogen (secondary N) is 1. The van der Waals surface area contributed by atoms with Crippen molar-refractivity contribution in [3.05, 3.63) is 51.7 Å². The number of hydrogen-bond acceptors (Lipinski definition) is 6. The Hall–Kier alpha value is -2.74. The number of carbonyl (C=O) groups is 3. The van der Waals surface area contributed by atoms with Crippen molar-refractivity contribution in [2.24, 2.45) is 0 Å². The molecule has 27 heavy (non-hydrogen) atoms. The van der Waals surface area contributed by atoms with E-state index in [0.717, 1.165) is 16.5 Å². The molecule has 144 valence electrons. The summed E-state index contributed by atoms with van der Waals surface area (Å²) in [6.45, 7) is 5.09. The Labute approximate surface area is 160 Å². The first-order valence-electron chi connectivity index (χ1n) is 8.39. The fourth-order valence-electron chi connectivity index (χ4n) is 2.43. The molecule has 1 aromatic heterocycles. The van der Waals surface area contributed by atoms with E-state index in [2.05, 4.69) is 5.32 Å². The molecule has 1 aromatic carbocycles. The minimum atomic E-state index is -0.813. The average molecular weight is 393 g/mol. The molecular weight excluding hydrogens is 373 g/mol. The molecule has 0 bridgehead atoms. The molecule has 0 spiro atoms. The Kier molecular flexibility index (Phi) is 7.06. The molecule has 0 saturated heterocycles. The second-order valence-electron chi connectivity index (χ2n) is 5.56. The van der Waals surface area contributed by atoms with Gasteiger partial charge >= 0.3 is 11.9 Å². The molecule has 1 heterocycles. The molecule has 0 radical (unpaired) electrons. The summed E-state index contributed by atoms with van der Waals surface area (Å²) in [5.41, 5.74) is 1.08. The van der Waals surface area contributed by atoms with Crippen molar-refractivity contribution >= 4 is 34.2 Å². The quantitative estimate of drug-likeness (QED) is 0.725. The maximum absolute atomic E-state index is 13.1. The zero-order valence-electron chi connectivity index (χ0n) is 15.3. The number of ether oxygens (including phenoxy) is 2. The first kappa shape index (κ1) is 20.6. The van der Waals surface area contributed by atoms with Crippen molar-refractivity contribution in [1.82, 2.24) is 0 Å². The number of halogens is 1. The molecule has 0 aliphatic rings. The van der Waals surface area contributed by atoms with Crippen molar-refractivity contribution < 1.29 is 28.2 Å². The Morgan fingerprint density at radius 3 is 2.52 bits per heavy atom. The molecule has 8 heteroatoms. The molecule has 6 nitrogen and oxygen atoms in total. The van der Waals surface area contributed by atoms with E-state index < -0.39 is 30.3 Å². The zero-order valence-corrected chi connectivity index (χ0v) is 16.1. The molecule has 0 atom stereocenters. The van der Waals surface area contributed by atoms with Gasteiger partial charge in [-0.05, 0) is 44.0 Å². The van der Waals surface area contributed by atoms with E-state index in [4.69, 9.17) is 9.47 Å². The monoisotopic (exact) mass is 393 g/mol. The number of anilines is 1. The van der Waals surface area contributed by atoms with Gasteiger partial charge in [-0.2, -0.15) is 0 Å². The number of rotatable bonds is 7. The smallest absolute Gasteiger partial charge is 0.341 e. The molecule has 0 aliphatic carbocycles. The van der Waals surface area contributed by atoms with Crippen molar-refractivity contribution in [2.45, 2.75) is 27.2 Å². The Balaban J connectivity index is 2.07. The minimum Gasteiger partial charge on any atom is -0.462 e.